The van der Waals surface area contributed by atoms with Crippen LogP contribution in [0.5, 0.6) is 0 Å². The van der Waals surface area contributed by atoms with Gasteiger partial charge in [0.15, 0.2) is 0 Å². The fourth-order valence-electron chi connectivity index (χ4n) is 4.52. The van der Waals surface area contributed by atoms with Crippen LogP contribution < -0.4 is 0 Å². The summed E-state index contributed by atoms with van der Waals surface area (Å²) in [7, 11) is 0. The number of hydrogen-bond acceptors (Lipinski definition) is 0. The van der Waals surface area contributed by atoms with Crippen LogP contribution in [0.25, 0.3) is 0 Å². The van der Waals surface area contributed by atoms with Crippen LogP contribution in [-0.4, -0.2) is 0 Å². The Morgan fingerprint density at radius 2 is 1.60 bits per heavy atom. The Morgan fingerprint density at radius 1 is 0.800 bits per heavy atom. The molecule has 3 aliphatic rings. The smallest absolute Gasteiger partial charge is 0.0195 e. The second-order valence-corrected chi connectivity index (χ2v) is 7.33. The Morgan fingerprint density at radius 3 is 2.30 bits per heavy atom. The first kappa shape index (κ1) is 14.4. The molecule has 0 N–H and O–H groups in total. The van der Waals surface area contributed by atoms with E-state index in [-0.39, 0.29) is 0 Å². The van der Waals surface area contributed by atoms with E-state index in [2.05, 4.69) is 24.3 Å². The van der Waals surface area contributed by atoms with Gasteiger partial charge in [0.25, 0.3) is 0 Å². The van der Waals surface area contributed by atoms with E-state index < -0.39 is 0 Å². The summed E-state index contributed by atoms with van der Waals surface area (Å²) in [5.41, 5.74) is 0. The predicted molar refractivity (Wildman–Crippen MR) is 87.4 cm³/mol. The highest BCUT2D eigenvalue weighted by Gasteiger charge is 2.28. The topological polar surface area (TPSA) is 0 Å². The van der Waals surface area contributed by atoms with E-state index >= 15 is 0 Å². The van der Waals surface area contributed by atoms with Crippen molar-refractivity contribution >= 4 is 0 Å². The number of hydrogen-bond donors (Lipinski definition) is 0. The van der Waals surface area contributed by atoms with Crippen molar-refractivity contribution in [3.8, 4) is 0 Å². The van der Waals surface area contributed by atoms with E-state index in [0.717, 1.165) is 17.8 Å². The normalized spacial score (nSPS) is 28.6. The Labute approximate surface area is 125 Å². The first-order valence-electron chi connectivity index (χ1n) is 9.08. The van der Waals surface area contributed by atoms with Gasteiger partial charge in [0.2, 0.25) is 0 Å². The Kier molecular flexibility index (Phi) is 5.39. The van der Waals surface area contributed by atoms with Gasteiger partial charge in [-0.3, -0.25) is 0 Å². The minimum Gasteiger partial charge on any atom is -0.0883 e. The predicted octanol–water partition coefficient (Wildman–Crippen LogP) is 6.24. The van der Waals surface area contributed by atoms with E-state index in [4.69, 9.17) is 0 Å². The summed E-state index contributed by atoms with van der Waals surface area (Å²) in [5.74, 6) is 4.71. The summed E-state index contributed by atoms with van der Waals surface area (Å²) < 4.78 is 0. The molecule has 1 fully saturated rings. The third-order valence-electron chi connectivity index (χ3n) is 5.74. The van der Waals surface area contributed by atoms with Gasteiger partial charge in [0.05, 0.1) is 0 Å². The Balaban J connectivity index is 1.57. The van der Waals surface area contributed by atoms with E-state index in [1.54, 1.807) is 0 Å². The maximum Gasteiger partial charge on any atom is -0.0195 e. The first-order chi connectivity index (χ1) is 9.92. The van der Waals surface area contributed by atoms with E-state index in [9.17, 15) is 0 Å². The van der Waals surface area contributed by atoms with Crippen molar-refractivity contribution in [2.24, 2.45) is 17.8 Å². The highest BCUT2D eigenvalue weighted by molar-refractivity contribution is 5.10. The van der Waals surface area contributed by atoms with Crippen molar-refractivity contribution in [1.82, 2.24) is 0 Å². The molecule has 0 aromatic rings. The van der Waals surface area contributed by atoms with Gasteiger partial charge in [-0.05, 0) is 68.6 Å². The summed E-state index contributed by atoms with van der Waals surface area (Å²) >= 11 is 0. The van der Waals surface area contributed by atoms with Crippen LogP contribution in [0, 0.1) is 23.7 Å². The largest absolute Gasteiger partial charge is 0.0883 e. The third-order valence-corrected chi connectivity index (χ3v) is 5.74. The molecule has 111 valence electrons. The molecular weight excluding hydrogens is 240 g/mol. The fraction of sp³-hybridized carbons (Fsp3) is 0.750. The number of rotatable bonds is 5. The second kappa shape index (κ2) is 7.48. The molecule has 20 heavy (non-hydrogen) atoms. The minimum absolute atomic E-state index is 0.864. The van der Waals surface area contributed by atoms with Gasteiger partial charge in [0.1, 0.15) is 0 Å². The maximum absolute atomic E-state index is 2.52. The second-order valence-electron chi connectivity index (χ2n) is 7.33. The average Bonchev–Trinajstić information content (AvgIpc) is 3.03. The van der Waals surface area contributed by atoms with Gasteiger partial charge in [-0.2, -0.15) is 0 Å². The molecule has 0 heteroatoms. The lowest BCUT2D eigenvalue weighted by molar-refractivity contribution is 0.309. The van der Waals surface area contributed by atoms with E-state index in [0.29, 0.717) is 0 Å². The molecule has 0 heterocycles. The van der Waals surface area contributed by atoms with Crippen LogP contribution in [-0.2, 0) is 0 Å². The van der Waals surface area contributed by atoms with Crippen LogP contribution in [0.1, 0.15) is 77.0 Å². The zero-order chi connectivity index (χ0) is 13.6. The summed E-state index contributed by atoms with van der Waals surface area (Å²) in [5, 5.41) is 0. The molecule has 1 radical (unpaired) electrons. The maximum atomic E-state index is 2.52. The van der Waals surface area contributed by atoms with E-state index in [1.807, 2.05) is 5.92 Å². The van der Waals surface area contributed by atoms with Crippen molar-refractivity contribution < 1.29 is 0 Å². The molecule has 0 saturated heterocycles. The molecule has 0 amide bonds. The zero-order valence-electron chi connectivity index (χ0n) is 13.0. The lowest BCUT2D eigenvalue weighted by atomic mass is 9.73. The summed E-state index contributed by atoms with van der Waals surface area (Å²) in [6.45, 7) is 0. The molecule has 0 bridgehead atoms. The van der Waals surface area contributed by atoms with Crippen molar-refractivity contribution in [2.75, 3.05) is 0 Å². The summed E-state index contributed by atoms with van der Waals surface area (Å²) in [6, 6.07) is 0. The van der Waals surface area contributed by atoms with Crippen molar-refractivity contribution in [3.05, 3.63) is 30.2 Å². The fourth-order valence-corrected chi connectivity index (χ4v) is 4.52. The molecular formula is C20H31. The first-order valence-corrected chi connectivity index (χ1v) is 9.08. The van der Waals surface area contributed by atoms with Gasteiger partial charge in [-0.25, -0.2) is 0 Å². The van der Waals surface area contributed by atoms with Crippen LogP contribution in [0.4, 0.5) is 0 Å². The average molecular weight is 271 g/mol. The van der Waals surface area contributed by atoms with Crippen molar-refractivity contribution in [3.63, 3.8) is 0 Å². The highest BCUT2D eigenvalue weighted by Crippen LogP contribution is 2.41. The lowest BCUT2D eigenvalue weighted by Crippen LogP contribution is -2.19. The summed E-state index contributed by atoms with van der Waals surface area (Å²) in [4.78, 5) is 0. The van der Waals surface area contributed by atoms with Gasteiger partial charge < -0.3 is 0 Å². The van der Waals surface area contributed by atoms with Crippen LogP contribution in [0.2, 0.25) is 0 Å². The molecule has 0 aromatic carbocycles. The zero-order valence-corrected chi connectivity index (χ0v) is 13.0. The van der Waals surface area contributed by atoms with Gasteiger partial charge >= 0.3 is 0 Å². The monoisotopic (exact) mass is 271 g/mol. The van der Waals surface area contributed by atoms with E-state index in [1.165, 1.54) is 77.0 Å². The molecule has 0 aliphatic heterocycles. The van der Waals surface area contributed by atoms with Gasteiger partial charge in [-0.1, -0.05) is 56.4 Å². The number of allylic oxidation sites excluding steroid dienone is 4. The Bertz CT molecular complexity index is 324. The van der Waals surface area contributed by atoms with Gasteiger partial charge in [-0.15, -0.1) is 0 Å². The van der Waals surface area contributed by atoms with Gasteiger partial charge in [0, 0.05) is 0 Å². The SMILES string of the molecule is C1=CC(C[C](CC2CCCCC2)C2CC=CC2)CCC1. The molecule has 3 rings (SSSR count). The molecule has 0 aromatic heterocycles. The highest BCUT2D eigenvalue weighted by atomic mass is 14.3. The Hall–Kier alpha value is -0.520. The molecule has 0 spiro atoms. The minimum atomic E-state index is 0.864. The standard InChI is InChI=1S/C20H31/c1-3-9-17(10-4-1)15-20(19-13-7-8-14-19)16-18-11-5-2-6-12-18/h3,7-9,17-19H,1-2,4-6,10-16H2. The molecule has 0 nitrogen and oxygen atoms in total. The summed E-state index contributed by atoms with van der Waals surface area (Å²) in [6.07, 6.45) is 27.0. The van der Waals surface area contributed by atoms with Crippen LogP contribution in [0.3, 0.4) is 0 Å². The molecule has 1 atom stereocenters. The van der Waals surface area contributed by atoms with Crippen LogP contribution in [0.15, 0.2) is 24.3 Å². The quantitative estimate of drug-likeness (QED) is 0.519. The third kappa shape index (κ3) is 3.99. The molecule has 1 unspecified atom stereocenters. The molecule has 3 aliphatic carbocycles. The van der Waals surface area contributed by atoms with Crippen molar-refractivity contribution in [1.29, 1.82) is 0 Å². The van der Waals surface area contributed by atoms with Crippen molar-refractivity contribution in [2.45, 2.75) is 77.0 Å². The lowest BCUT2D eigenvalue weighted by Gasteiger charge is -2.32. The van der Waals surface area contributed by atoms with Crippen LogP contribution >= 0.6 is 0 Å². The molecule has 1 saturated carbocycles.